The zero-order valence-corrected chi connectivity index (χ0v) is 15.1. The van der Waals surface area contributed by atoms with Gasteiger partial charge in [0.2, 0.25) is 0 Å². The number of carbonyl (C=O) groups excluding carboxylic acids is 2. The molecule has 138 valence electrons. The van der Waals surface area contributed by atoms with Gasteiger partial charge in [-0.1, -0.05) is 19.1 Å². The molecule has 2 aromatic rings. The van der Waals surface area contributed by atoms with Crippen LogP contribution in [0.25, 0.3) is 0 Å². The van der Waals surface area contributed by atoms with Crippen molar-refractivity contribution in [1.29, 1.82) is 0 Å². The fourth-order valence-corrected chi connectivity index (χ4v) is 3.11. The maximum Gasteiger partial charge on any atom is 0.270 e. The topological polar surface area (TPSA) is 65.6 Å². The van der Waals surface area contributed by atoms with Crippen LogP contribution in [0, 0.1) is 0 Å². The van der Waals surface area contributed by atoms with Crippen molar-refractivity contribution in [3.8, 4) is 5.75 Å². The summed E-state index contributed by atoms with van der Waals surface area (Å²) in [6, 6.07) is 11.0. The zero-order valence-electron chi connectivity index (χ0n) is 15.1. The number of hydrogen-bond acceptors (Lipinski definition) is 3. The summed E-state index contributed by atoms with van der Waals surface area (Å²) in [5, 5.41) is 0. The quantitative estimate of drug-likeness (QED) is 0.897. The molecule has 0 bridgehead atoms. The summed E-state index contributed by atoms with van der Waals surface area (Å²) in [6.45, 7) is 4.96. The average molecular weight is 355 g/mol. The predicted octanol–water partition coefficient (Wildman–Crippen LogP) is 2.79. The van der Waals surface area contributed by atoms with Crippen LogP contribution in [-0.2, 0) is 0 Å². The highest BCUT2D eigenvalue weighted by molar-refractivity contribution is 5.97. The highest BCUT2D eigenvalue weighted by atomic mass is 16.5. The number of H-pyrrole nitrogens is 1. The second-order valence-electron chi connectivity index (χ2n) is 6.37. The Kier molecular flexibility index (Phi) is 5.94. The molecular weight excluding hydrogens is 330 g/mol. The molecule has 0 atom stereocenters. The highest BCUT2D eigenvalue weighted by Crippen LogP contribution is 2.21. The van der Waals surface area contributed by atoms with E-state index >= 15 is 0 Å². The number of ether oxygens (including phenoxy) is 1. The van der Waals surface area contributed by atoms with Crippen molar-refractivity contribution in [2.24, 2.45) is 0 Å². The number of aromatic amines is 1. The third-order valence-corrected chi connectivity index (χ3v) is 4.48. The normalized spacial score (nSPS) is 14.8. The highest BCUT2D eigenvalue weighted by Gasteiger charge is 2.25. The minimum atomic E-state index is -0.0362. The van der Waals surface area contributed by atoms with Gasteiger partial charge in [0.05, 0.1) is 12.2 Å². The van der Waals surface area contributed by atoms with E-state index < -0.39 is 0 Å². The molecule has 2 amide bonds. The molecule has 6 heteroatoms. The molecule has 0 unspecified atom stereocenters. The van der Waals surface area contributed by atoms with Gasteiger partial charge in [-0.2, -0.15) is 0 Å². The molecular formula is C20H25N3O3. The number of carbonyl (C=O) groups is 2. The standard InChI is InChI=1S/C20H25N3O3/c1-2-15-26-18-9-4-3-7-16(18)19(24)22-11-6-12-23(14-13-22)20(25)17-8-5-10-21-17/h3-5,7-10,21H,2,6,11-15H2,1H3. The number of hydrogen-bond donors (Lipinski definition) is 1. The molecule has 1 saturated heterocycles. The van der Waals surface area contributed by atoms with Crippen LogP contribution in [0.2, 0.25) is 0 Å². The summed E-state index contributed by atoms with van der Waals surface area (Å²) in [5.74, 6) is 0.574. The van der Waals surface area contributed by atoms with Gasteiger partial charge in [0.15, 0.2) is 0 Å². The lowest BCUT2D eigenvalue weighted by molar-refractivity contribution is 0.0713. The van der Waals surface area contributed by atoms with Crippen LogP contribution in [0.3, 0.4) is 0 Å². The largest absolute Gasteiger partial charge is 0.493 e. The minimum absolute atomic E-state index is 0.0176. The summed E-state index contributed by atoms with van der Waals surface area (Å²) >= 11 is 0. The smallest absolute Gasteiger partial charge is 0.270 e. The van der Waals surface area contributed by atoms with Crippen molar-refractivity contribution < 1.29 is 14.3 Å². The van der Waals surface area contributed by atoms with E-state index in [2.05, 4.69) is 4.98 Å². The van der Waals surface area contributed by atoms with Crippen LogP contribution in [0.4, 0.5) is 0 Å². The Morgan fingerprint density at radius 3 is 2.42 bits per heavy atom. The molecule has 0 saturated carbocycles. The Labute approximate surface area is 153 Å². The number of nitrogens with zero attached hydrogens (tertiary/aromatic N) is 2. The predicted molar refractivity (Wildman–Crippen MR) is 99.4 cm³/mol. The Morgan fingerprint density at radius 1 is 1.00 bits per heavy atom. The zero-order chi connectivity index (χ0) is 18.4. The van der Waals surface area contributed by atoms with E-state index in [9.17, 15) is 9.59 Å². The molecule has 1 aliphatic rings. The molecule has 6 nitrogen and oxygen atoms in total. The second-order valence-corrected chi connectivity index (χ2v) is 6.37. The summed E-state index contributed by atoms with van der Waals surface area (Å²) < 4.78 is 5.72. The van der Waals surface area contributed by atoms with Gasteiger partial charge >= 0.3 is 0 Å². The Balaban J connectivity index is 1.67. The molecule has 1 aromatic heterocycles. The van der Waals surface area contributed by atoms with Gasteiger partial charge in [0.25, 0.3) is 11.8 Å². The number of amides is 2. The molecule has 2 heterocycles. The number of nitrogens with one attached hydrogen (secondary N) is 1. The van der Waals surface area contributed by atoms with E-state index in [0.29, 0.717) is 49.8 Å². The summed E-state index contributed by atoms with van der Waals surface area (Å²) in [7, 11) is 0. The Bertz CT molecular complexity index is 743. The third-order valence-electron chi connectivity index (χ3n) is 4.48. The summed E-state index contributed by atoms with van der Waals surface area (Å²) in [4.78, 5) is 32.1. The van der Waals surface area contributed by atoms with Crippen molar-refractivity contribution in [1.82, 2.24) is 14.8 Å². The van der Waals surface area contributed by atoms with Crippen LogP contribution in [-0.4, -0.2) is 59.4 Å². The first-order valence-electron chi connectivity index (χ1n) is 9.14. The molecule has 0 spiro atoms. The lowest BCUT2D eigenvalue weighted by Gasteiger charge is -2.23. The van der Waals surface area contributed by atoms with Gasteiger partial charge in [0, 0.05) is 32.4 Å². The second kappa shape index (κ2) is 8.56. The molecule has 1 N–H and O–H groups in total. The van der Waals surface area contributed by atoms with Crippen molar-refractivity contribution in [3.05, 3.63) is 53.9 Å². The number of aromatic nitrogens is 1. The average Bonchev–Trinajstić information content (AvgIpc) is 3.10. The van der Waals surface area contributed by atoms with Crippen LogP contribution in [0.5, 0.6) is 5.75 Å². The van der Waals surface area contributed by atoms with Crippen LogP contribution in [0.1, 0.15) is 40.6 Å². The molecule has 26 heavy (non-hydrogen) atoms. The first kappa shape index (κ1) is 18.0. The first-order chi connectivity index (χ1) is 12.7. The molecule has 3 rings (SSSR count). The first-order valence-corrected chi connectivity index (χ1v) is 9.14. The fraction of sp³-hybridized carbons (Fsp3) is 0.400. The lowest BCUT2D eigenvalue weighted by atomic mass is 10.1. The van der Waals surface area contributed by atoms with E-state index in [4.69, 9.17) is 4.74 Å². The van der Waals surface area contributed by atoms with Crippen molar-refractivity contribution >= 4 is 11.8 Å². The van der Waals surface area contributed by atoms with Crippen LogP contribution >= 0.6 is 0 Å². The van der Waals surface area contributed by atoms with Crippen LogP contribution in [0.15, 0.2) is 42.6 Å². The van der Waals surface area contributed by atoms with E-state index in [1.54, 1.807) is 23.2 Å². The molecule has 0 radical (unpaired) electrons. The van der Waals surface area contributed by atoms with Crippen LogP contribution < -0.4 is 4.74 Å². The summed E-state index contributed by atoms with van der Waals surface area (Å²) in [6.07, 6.45) is 3.40. The van der Waals surface area contributed by atoms with Gasteiger partial charge in [-0.15, -0.1) is 0 Å². The molecule has 0 aliphatic carbocycles. The Hall–Kier alpha value is -2.76. The maximum atomic E-state index is 13.0. The van der Waals surface area contributed by atoms with Gasteiger partial charge in [-0.05, 0) is 37.1 Å². The number of para-hydroxylation sites is 1. The van der Waals surface area contributed by atoms with Gasteiger partial charge in [-0.25, -0.2) is 0 Å². The molecule has 1 fully saturated rings. The lowest BCUT2D eigenvalue weighted by Crippen LogP contribution is -2.37. The van der Waals surface area contributed by atoms with Crippen molar-refractivity contribution in [2.75, 3.05) is 32.8 Å². The van der Waals surface area contributed by atoms with Gasteiger partial charge in [-0.3, -0.25) is 9.59 Å². The van der Waals surface area contributed by atoms with Gasteiger partial charge < -0.3 is 19.5 Å². The van der Waals surface area contributed by atoms with Gasteiger partial charge in [0.1, 0.15) is 11.4 Å². The molecule has 1 aliphatic heterocycles. The van der Waals surface area contributed by atoms with E-state index in [0.717, 1.165) is 12.8 Å². The van der Waals surface area contributed by atoms with E-state index in [1.807, 2.05) is 36.1 Å². The third kappa shape index (κ3) is 4.07. The fourth-order valence-electron chi connectivity index (χ4n) is 3.11. The monoisotopic (exact) mass is 355 g/mol. The SMILES string of the molecule is CCCOc1ccccc1C(=O)N1CCCN(C(=O)c2ccc[nH]2)CC1. The van der Waals surface area contributed by atoms with E-state index in [1.165, 1.54) is 0 Å². The number of benzene rings is 1. The van der Waals surface area contributed by atoms with Crippen molar-refractivity contribution in [3.63, 3.8) is 0 Å². The number of rotatable bonds is 5. The van der Waals surface area contributed by atoms with Crippen molar-refractivity contribution in [2.45, 2.75) is 19.8 Å². The van der Waals surface area contributed by atoms with E-state index in [-0.39, 0.29) is 11.8 Å². The summed E-state index contributed by atoms with van der Waals surface area (Å²) in [5.41, 5.74) is 1.17. The minimum Gasteiger partial charge on any atom is -0.493 e. The molecule has 1 aromatic carbocycles. The maximum absolute atomic E-state index is 13.0. The Morgan fingerprint density at radius 2 is 1.73 bits per heavy atom.